The number of aryl methyl sites for hydroxylation is 1. The van der Waals surface area contributed by atoms with Crippen molar-refractivity contribution in [1.29, 1.82) is 0 Å². The third-order valence-corrected chi connectivity index (χ3v) is 2.90. The molecule has 1 rings (SSSR count). The van der Waals surface area contributed by atoms with Crippen LogP contribution in [0.1, 0.15) is 12.0 Å². The molecule has 0 aliphatic heterocycles. The molecule has 2 nitrogen and oxygen atoms in total. The Labute approximate surface area is 106 Å². The summed E-state index contributed by atoms with van der Waals surface area (Å²) in [6.45, 7) is 0.560. The second-order valence-corrected chi connectivity index (χ2v) is 4.60. The normalized spacial score (nSPS) is 12.5. The predicted molar refractivity (Wildman–Crippen MR) is 67.8 cm³/mol. The van der Waals surface area contributed by atoms with Crippen LogP contribution in [0.5, 0.6) is 5.75 Å². The van der Waals surface area contributed by atoms with E-state index in [1.165, 1.54) is 0 Å². The molecule has 1 unspecified atom stereocenters. The smallest absolute Gasteiger partial charge is 0.122 e. The minimum Gasteiger partial charge on any atom is -0.496 e. The van der Waals surface area contributed by atoms with Gasteiger partial charge in [0.2, 0.25) is 0 Å². The van der Waals surface area contributed by atoms with Crippen molar-refractivity contribution < 1.29 is 9.47 Å². The van der Waals surface area contributed by atoms with Crippen molar-refractivity contribution in [3.8, 4) is 5.75 Å². The molecule has 0 heterocycles. The van der Waals surface area contributed by atoms with Crippen LogP contribution in [0.25, 0.3) is 0 Å². The number of rotatable bonds is 6. The second-order valence-electron chi connectivity index (χ2n) is 3.55. The molecular weight excluding hydrogens is 247 g/mol. The minimum absolute atomic E-state index is 0.0219. The van der Waals surface area contributed by atoms with Crippen LogP contribution in [0.4, 0.5) is 0 Å². The van der Waals surface area contributed by atoms with E-state index in [0.717, 1.165) is 24.2 Å². The number of benzene rings is 1. The van der Waals surface area contributed by atoms with Crippen LogP contribution < -0.4 is 4.74 Å². The molecule has 0 bridgehead atoms. The van der Waals surface area contributed by atoms with Crippen molar-refractivity contribution >= 4 is 23.2 Å². The van der Waals surface area contributed by atoms with Crippen LogP contribution in [0.3, 0.4) is 0 Å². The van der Waals surface area contributed by atoms with Gasteiger partial charge in [-0.1, -0.05) is 11.6 Å². The second kappa shape index (κ2) is 7.00. The molecule has 0 spiro atoms. The summed E-state index contributed by atoms with van der Waals surface area (Å²) >= 11 is 12.0. The number of hydrogen-bond donors (Lipinski definition) is 0. The zero-order valence-electron chi connectivity index (χ0n) is 9.50. The van der Waals surface area contributed by atoms with Gasteiger partial charge in [0.15, 0.2) is 0 Å². The summed E-state index contributed by atoms with van der Waals surface area (Å²) in [6.07, 6.45) is 1.67. The summed E-state index contributed by atoms with van der Waals surface area (Å²) in [7, 11) is 3.30. The number of methoxy groups -OCH3 is 2. The number of hydrogen-bond acceptors (Lipinski definition) is 2. The molecule has 0 N–H and O–H groups in total. The summed E-state index contributed by atoms with van der Waals surface area (Å²) in [4.78, 5) is 0. The van der Waals surface area contributed by atoms with Crippen molar-refractivity contribution in [2.45, 2.75) is 18.2 Å². The topological polar surface area (TPSA) is 18.5 Å². The molecule has 0 saturated heterocycles. The molecule has 0 aliphatic carbocycles. The first-order valence-electron chi connectivity index (χ1n) is 5.12. The zero-order valence-corrected chi connectivity index (χ0v) is 11.0. The van der Waals surface area contributed by atoms with E-state index < -0.39 is 0 Å². The lowest BCUT2D eigenvalue weighted by Gasteiger charge is -2.11. The fourth-order valence-corrected chi connectivity index (χ4v) is 1.95. The molecule has 4 heteroatoms. The number of alkyl halides is 1. The summed E-state index contributed by atoms with van der Waals surface area (Å²) in [5.41, 5.74) is 1.08. The Bertz CT molecular complexity index is 329. The molecule has 1 aromatic carbocycles. The molecule has 0 saturated carbocycles. The van der Waals surface area contributed by atoms with Crippen molar-refractivity contribution in [2.24, 2.45) is 0 Å². The Kier molecular flexibility index (Phi) is 5.96. The fraction of sp³-hybridized carbons (Fsp3) is 0.500. The Hall–Kier alpha value is -0.440. The Morgan fingerprint density at radius 1 is 1.31 bits per heavy atom. The molecule has 0 aromatic heterocycles. The van der Waals surface area contributed by atoms with Gasteiger partial charge in [0, 0.05) is 12.1 Å². The highest BCUT2D eigenvalue weighted by atomic mass is 35.5. The summed E-state index contributed by atoms with van der Waals surface area (Å²) in [5, 5.41) is 0.738. The average molecular weight is 263 g/mol. The highest BCUT2D eigenvalue weighted by molar-refractivity contribution is 6.30. The molecule has 90 valence electrons. The SMILES string of the molecule is COCC(Cl)CCc1cc(Cl)ccc1OC. The van der Waals surface area contributed by atoms with E-state index >= 15 is 0 Å². The molecule has 1 atom stereocenters. The number of halogens is 2. The van der Waals surface area contributed by atoms with E-state index in [-0.39, 0.29) is 5.38 Å². The van der Waals surface area contributed by atoms with Crippen molar-refractivity contribution in [1.82, 2.24) is 0 Å². The van der Waals surface area contributed by atoms with Gasteiger partial charge < -0.3 is 9.47 Å². The van der Waals surface area contributed by atoms with Crippen LogP contribution in [-0.4, -0.2) is 26.2 Å². The molecular formula is C12H16Cl2O2. The van der Waals surface area contributed by atoms with Crippen molar-refractivity contribution in [3.05, 3.63) is 28.8 Å². The molecule has 0 radical (unpaired) electrons. The van der Waals surface area contributed by atoms with Gasteiger partial charge in [-0.25, -0.2) is 0 Å². The maximum Gasteiger partial charge on any atom is 0.122 e. The summed E-state index contributed by atoms with van der Waals surface area (Å²) < 4.78 is 10.2. The first kappa shape index (κ1) is 13.6. The summed E-state index contributed by atoms with van der Waals surface area (Å²) in [6, 6.07) is 5.60. The van der Waals surface area contributed by atoms with Gasteiger partial charge in [-0.2, -0.15) is 0 Å². The first-order valence-corrected chi connectivity index (χ1v) is 5.94. The molecule has 0 aliphatic rings. The Balaban J connectivity index is 2.61. The lowest BCUT2D eigenvalue weighted by Crippen LogP contribution is -2.08. The van der Waals surface area contributed by atoms with Gasteiger partial charge in [-0.3, -0.25) is 0 Å². The Morgan fingerprint density at radius 3 is 2.69 bits per heavy atom. The van der Waals surface area contributed by atoms with Gasteiger partial charge >= 0.3 is 0 Å². The van der Waals surface area contributed by atoms with Gasteiger partial charge in [-0.15, -0.1) is 11.6 Å². The van der Waals surface area contributed by atoms with E-state index in [0.29, 0.717) is 11.6 Å². The predicted octanol–water partition coefficient (Wildman–Crippen LogP) is 3.54. The highest BCUT2D eigenvalue weighted by Crippen LogP contribution is 2.24. The van der Waals surface area contributed by atoms with E-state index in [1.54, 1.807) is 14.2 Å². The quantitative estimate of drug-likeness (QED) is 0.731. The fourth-order valence-electron chi connectivity index (χ4n) is 1.52. The monoisotopic (exact) mass is 262 g/mol. The maximum absolute atomic E-state index is 6.07. The molecule has 0 amide bonds. The van der Waals surface area contributed by atoms with E-state index in [2.05, 4.69) is 0 Å². The highest BCUT2D eigenvalue weighted by Gasteiger charge is 2.08. The third kappa shape index (κ3) is 4.20. The number of ether oxygens (including phenoxy) is 2. The van der Waals surface area contributed by atoms with Crippen molar-refractivity contribution in [3.63, 3.8) is 0 Å². The Morgan fingerprint density at radius 2 is 2.06 bits per heavy atom. The van der Waals surface area contributed by atoms with Gasteiger partial charge in [-0.05, 0) is 36.6 Å². The van der Waals surface area contributed by atoms with Gasteiger partial charge in [0.1, 0.15) is 5.75 Å². The minimum atomic E-state index is 0.0219. The van der Waals surface area contributed by atoms with E-state index in [9.17, 15) is 0 Å². The van der Waals surface area contributed by atoms with Crippen LogP contribution in [0, 0.1) is 0 Å². The molecule has 16 heavy (non-hydrogen) atoms. The van der Waals surface area contributed by atoms with Gasteiger partial charge in [0.05, 0.1) is 19.1 Å². The van der Waals surface area contributed by atoms with Crippen LogP contribution >= 0.6 is 23.2 Å². The molecule has 1 aromatic rings. The first-order chi connectivity index (χ1) is 7.67. The lowest BCUT2D eigenvalue weighted by molar-refractivity contribution is 0.195. The lowest BCUT2D eigenvalue weighted by atomic mass is 10.1. The largest absolute Gasteiger partial charge is 0.496 e. The zero-order chi connectivity index (χ0) is 12.0. The standard InChI is InChI=1S/C12H16Cl2O2/c1-15-8-11(14)4-3-9-7-10(13)5-6-12(9)16-2/h5-7,11H,3-4,8H2,1-2H3. The van der Waals surface area contributed by atoms with E-state index in [1.807, 2.05) is 18.2 Å². The van der Waals surface area contributed by atoms with Crippen molar-refractivity contribution in [2.75, 3.05) is 20.8 Å². The average Bonchev–Trinajstić information content (AvgIpc) is 2.27. The van der Waals surface area contributed by atoms with Gasteiger partial charge in [0.25, 0.3) is 0 Å². The van der Waals surface area contributed by atoms with Crippen LogP contribution in [0.2, 0.25) is 5.02 Å². The van der Waals surface area contributed by atoms with E-state index in [4.69, 9.17) is 32.7 Å². The molecule has 0 fully saturated rings. The van der Waals surface area contributed by atoms with Crippen LogP contribution in [-0.2, 0) is 11.2 Å². The third-order valence-electron chi connectivity index (χ3n) is 2.32. The van der Waals surface area contributed by atoms with Crippen LogP contribution in [0.15, 0.2) is 18.2 Å². The maximum atomic E-state index is 6.07. The summed E-state index contributed by atoms with van der Waals surface area (Å²) in [5.74, 6) is 0.852.